The molecule has 0 amide bonds. The Morgan fingerprint density at radius 3 is 2.11 bits per heavy atom. The number of hydrogen-bond acceptors (Lipinski definition) is 2. The molecule has 0 saturated carbocycles. The van der Waals surface area contributed by atoms with Crippen molar-refractivity contribution in [1.82, 2.24) is 0 Å². The summed E-state index contributed by atoms with van der Waals surface area (Å²) in [6.07, 6.45) is 0. The highest BCUT2D eigenvalue weighted by atomic mass is 14.7. The Labute approximate surface area is 109 Å². The van der Waals surface area contributed by atoms with Crippen molar-refractivity contribution in [3.8, 4) is 11.1 Å². The molecule has 2 aromatic rings. The van der Waals surface area contributed by atoms with Crippen LogP contribution in [0.4, 0.5) is 11.4 Å². The summed E-state index contributed by atoms with van der Waals surface area (Å²) in [5.74, 6) is 0. The number of nitrogen functional groups attached to an aromatic ring is 2. The molecule has 0 aliphatic carbocycles. The molecule has 2 heteroatoms. The first kappa shape index (κ1) is 12.5. The van der Waals surface area contributed by atoms with Crippen molar-refractivity contribution < 1.29 is 0 Å². The lowest BCUT2D eigenvalue weighted by Crippen LogP contribution is -2.01. The Morgan fingerprint density at radius 2 is 1.44 bits per heavy atom. The molecule has 0 aromatic heterocycles. The molecule has 0 atom stereocenters. The molecule has 2 nitrogen and oxygen atoms in total. The highest BCUT2D eigenvalue weighted by molar-refractivity contribution is 5.82. The van der Waals surface area contributed by atoms with Gasteiger partial charge in [0, 0.05) is 0 Å². The van der Waals surface area contributed by atoms with Gasteiger partial charge in [-0.05, 0) is 67.1 Å². The van der Waals surface area contributed by atoms with Gasteiger partial charge in [-0.1, -0.05) is 18.2 Å². The Kier molecular flexibility index (Phi) is 3.04. The molecule has 0 saturated heterocycles. The van der Waals surface area contributed by atoms with Gasteiger partial charge in [-0.2, -0.15) is 0 Å². The maximum atomic E-state index is 5.99. The van der Waals surface area contributed by atoms with Gasteiger partial charge in [0.05, 0.1) is 11.4 Å². The summed E-state index contributed by atoms with van der Waals surface area (Å²) in [5.41, 5.74) is 20.6. The topological polar surface area (TPSA) is 52.0 Å². The van der Waals surface area contributed by atoms with E-state index in [-0.39, 0.29) is 0 Å². The third kappa shape index (κ3) is 1.84. The summed E-state index contributed by atoms with van der Waals surface area (Å²) in [7, 11) is 0. The number of aryl methyl sites for hydroxylation is 1. The van der Waals surface area contributed by atoms with Gasteiger partial charge in [0.2, 0.25) is 0 Å². The average Bonchev–Trinajstić information content (AvgIpc) is 2.35. The molecule has 0 bridgehead atoms. The monoisotopic (exact) mass is 240 g/mol. The second-order valence-electron chi connectivity index (χ2n) is 4.92. The third-order valence-corrected chi connectivity index (χ3v) is 3.88. The zero-order valence-electron chi connectivity index (χ0n) is 11.5. The summed E-state index contributed by atoms with van der Waals surface area (Å²) in [4.78, 5) is 0. The lowest BCUT2D eigenvalue weighted by atomic mass is 9.91. The minimum Gasteiger partial charge on any atom is -0.397 e. The number of nitrogens with two attached hydrogens (primary N) is 2. The molecule has 0 fully saturated rings. The van der Waals surface area contributed by atoms with Gasteiger partial charge < -0.3 is 11.5 Å². The van der Waals surface area contributed by atoms with Crippen LogP contribution in [0.25, 0.3) is 11.1 Å². The van der Waals surface area contributed by atoms with Crippen molar-refractivity contribution in [2.45, 2.75) is 27.7 Å². The van der Waals surface area contributed by atoms with Gasteiger partial charge in [0.25, 0.3) is 0 Å². The van der Waals surface area contributed by atoms with E-state index in [1.165, 1.54) is 27.8 Å². The van der Waals surface area contributed by atoms with Gasteiger partial charge in [-0.3, -0.25) is 0 Å². The minimum absolute atomic E-state index is 0.661. The molecule has 0 unspecified atom stereocenters. The van der Waals surface area contributed by atoms with Crippen molar-refractivity contribution in [3.05, 3.63) is 46.5 Å². The molecular formula is C16H20N2. The van der Waals surface area contributed by atoms with Gasteiger partial charge in [0.15, 0.2) is 0 Å². The fourth-order valence-corrected chi connectivity index (χ4v) is 2.28. The smallest absolute Gasteiger partial charge is 0.0580 e. The molecular weight excluding hydrogens is 220 g/mol. The molecule has 0 spiro atoms. The van der Waals surface area contributed by atoms with Crippen LogP contribution in [-0.2, 0) is 0 Å². The maximum absolute atomic E-state index is 5.99. The Bertz CT molecular complexity index is 613. The van der Waals surface area contributed by atoms with Crippen LogP contribution in [-0.4, -0.2) is 0 Å². The Morgan fingerprint density at radius 1 is 0.778 bits per heavy atom. The van der Waals surface area contributed by atoms with Gasteiger partial charge in [0.1, 0.15) is 0 Å². The molecule has 0 aliphatic rings. The van der Waals surface area contributed by atoms with Crippen LogP contribution in [0.5, 0.6) is 0 Å². The van der Waals surface area contributed by atoms with Crippen LogP contribution in [0, 0.1) is 27.7 Å². The summed E-state index contributed by atoms with van der Waals surface area (Å²) in [6, 6.07) is 8.33. The average molecular weight is 240 g/mol. The summed E-state index contributed by atoms with van der Waals surface area (Å²) in [5, 5.41) is 0. The fourth-order valence-electron chi connectivity index (χ4n) is 2.28. The third-order valence-electron chi connectivity index (χ3n) is 3.88. The number of rotatable bonds is 1. The molecule has 0 heterocycles. The van der Waals surface area contributed by atoms with Crippen molar-refractivity contribution in [3.63, 3.8) is 0 Å². The van der Waals surface area contributed by atoms with Gasteiger partial charge >= 0.3 is 0 Å². The molecule has 18 heavy (non-hydrogen) atoms. The summed E-state index contributed by atoms with van der Waals surface area (Å²) < 4.78 is 0. The van der Waals surface area contributed by atoms with Crippen LogP contribution in [0.2, 0.25) is 0 Å². The second kappa shape index (κ2) is 4.37. The van der Waals surface area contributed by atoms with E-state index in [0.29, 0.717) is 11.4 Å². The van der Waals surface area contributed by atoms with E-state index < -0.39 is 0 Å². The summed E-state index contributed by atoms with van der Waals surface area (Å²) >= 11 is 0. The van der Waals surface area contributed by atoms with Crippen molar-refractivity contribution >= 4 is 11.4 Å². The van der Waals surface area contributed by atoms with E-state index in [2.05, 4.69) is 39.0 Å². The molecule has 4 N–H and O–H groups in total. The first-order chi connectivity index (χ1) is 8.43. The van der Waals surface area contributed by atoms with Crippen LogP contribution >= 0.6 is 0 Å². The minimum atomic E-state index is 0.661. The van der Waals surface area contributed by atoms with E-state index in [9.17, 15) is 0 Å². The van der Waals surface area contributed by atoms with Gasteiger partial charge in [-0.25, -0.2) is 0 Å². The lowest BCUT2D eigenvalue weighted by molar-refractivity contribution is 1.30. The fraction of sp³-hybridized carbons (Fsp3) is 0.250. The standard InChI is InChI=1S/C16H20N2/c1-9-6-5-7-13(10(9)2)14-8-15(17)16(18)12(4)11(14)3/h5-8H,17-18H2,1-4H3. The molecule has 2 aromatic carbocycles. The highest BCUT2D eigenvalue weighted by Crippen LogP contribution is 2.35. The van der Waals surface area contributed by atoms with Crippen LogP contribution in [0.3, 0.4) is 0 Å². The normalized spacial score (nSPS) is 10.7. The van der Waals surface area contributed by atoms with Crippen molar-refractivity contribution in [1.29, 1.82) is 0 Å². The SMILES string of the molecule is Cc1cccc(-c2cc(N)c(N)c(C)c2C)c1C. The number of anilines is 2. The highest BCUT2D eigenvalue weighted by Gasteiger charge is 2.12. The first-order valence-corrected chi connectivity index (χ1v) is 6.15. The predicted molar refractivity (Wildman–Crippen MR) is 79.7 cm³/mol. The first-order valence-electron chi connectivity index (χ1n) is 6.15. The van der Waals surface area contributed by atoms with E-state index >= 15 is 0 Å². The zero-order chi connectivity index (χ0) is 13.4. The lowest BCUT2D eigenvalue weighted by Gasteiger charge is -2.16. The van der Waals surface area contributed by atoms with E-state index in [4.69, 9.17) is 11.5 Å². The molecule has 0 aliphatic heterocycles. The number of benzene rings is 2. The molecule has 94 valence electrons. The maximum Gasteiger partial charge on any atom is 0.0580 e. The van der Waals surface area contributed by atoms with E-state index in [1.54, 1.807) is 0 Å². The van der Waals surface area contributed by atoms with Crippen molar-refractivity contribution in [2.75, 3.05) is 11.5 Å². The van der Waals surface area contributed by atoms with Crippen molar-refractivity contribution in [2.24, 2.45) is 0 Å². The zero-order valence-corrected chi connectivity index (χ0v) is 11.5. The second-order valence-corrected chi connectivity index (χ2v) is 4.92. The van der Waals surface area contributed by atoms with E-state index in [1.807, 2.05) is 13.0 Å². The van der Waals surface area contributed by atoms with Crippen LogP contribution < -0.4 is 11.5 Å². The quantitative estimate of drug-likeness (QED) is 0.746. The van der Waals surface area contributed by atoms with Gasteiger partial charge in [-0.15, -0.1) is 0 Å². The van der Waals surface area contributed by atoms with Crippen LogP contribution in [0.1, 0.15) is 22.3 Å². The van der Waals surface area contributed by atoms with Crippen LogP contribution in [0.15, 0.2) is 24.3 Å². The Balaban J connectivity index is 2.76. The molecule has 2 rings (SSSR count). The Hall–Kier alpha value is -1.96. The number of hydrogen-bond donors (Lipinski definition) is 2. The largest absolute Gasteiger partial charge is 0.397 e. The van der Waals surface area contributed by atoms with E-state index in [0.717, 1.165) is 5.56 Å². The predicted octanol–water partition coefficient (Wildman–Crippen LogP) is 3.75. The molecule has 0 radical (unpaired) electrons. The summed E-state index contributed by atoms with van der Waals surface area (Å²) in [6.45, 7) is 8.39.